The van der Waals surface area contributed by atoms with E-state index < -0.39 is 0 Å². The van der Waals surface area contributed by atoms with Crippen molar-refractivity contribution >= 4 is 23.2 Å². The van der Waals surface area contributed by atoms with Crippen LogP contribution in [0, 0.1) is 0 Å². The summed E-state index contributed by atoms with van der Waals surface area (Å²) in [6.07, 6.45) is 0. The fourth-order valence-electron chi connectivity index (χ4n) is 1.90. The van der Waals surface area contributed by atoms with Gasteiger partial charge >= 0.3 is 0 Å². The maximum atomic E-state index is 11.8. The lowest BCUT2D eigenvalue weighted by molar-refractivity contribution is -0.121. The number of hydrogen-bond acceptors (Lipinski definition) is 3. The Labute approximate surface area is 137 Å². The van der Waals surface area contributed by atoms with Crippen molar-refractivity contribution in [3.63, 3.8) is 0 Å². The smallest absolute Gasteiger partial charge is 0.239 e. The van der Waals surface area contributed by atoms with Gasteiger partial charge in [-0.2, -0.15) is 0 Å². The summed E-state index contributed by atoms with van der Waals surface area (Å²) in [5, 5.41) is 11.3. The van der Waals surface area contributed by atoms with Gasteiger partial charge < -0.3 is 16.0 Å². The number of nitrogens with zero attached hydrogens (tertiary/aromatic N) is 1. The van der Waals surface area contributed by atoms with Gasteiger partial charge in [-0.3, -0.25) is 9.79 Å². The summed E-state index contributed by atoms with van der Waals surface area (Å²) in [5.41, 5.74) is -0.212. The summed E-state index contributed by atoms with van der Waals surface area (Å²) in [5.74, 6) is 0.585. The summed E-state index contributed by atoms with van der Waals surface area (Å²) in [6, 6.07) is 4.20. The molecular formula is C16H28N4OS. The molecule has 1 aromatic rings. The topological polar surface area (TPSA) is 65.5 Å². The number of guanidine groups is 1. The summed E-state index contributed by atoms with van der Waals surface area (Å²) >= 11 is 1.75. The molecule has 0 aliphatic heterocycles. The van der Waals surface area contributed by atoms with Crippen LogP contribution in [0.5, 0.6) is 0 Å². The summed E-state index contributed by atoms with van der Waals surface area (Å²) in [4.78, 5) is 17.3. The number of amides is 1. The van der Waals surface area contributed by atoms with Gasteiger partial charge in [0, 0.05) is 29.4 Å². The van der Waals surface area contributed by atoms with Crippen molar-refractivity contribution in [1.82, 2.24) is 16.0 Å². The van der Waals surface area contributed by atoms with Gasteiger partial charge in [-0.1, -0.05) is 19.9 Å². The molecule has 0 aromatic carbocycles. The van der Waals surface area contributed by atoms with Crippen LogP contribution in [0.15, 0.2) is 22.5 Å². The number of hydrogen-bond donors (Lipinski definition) is 3. The lowest BCUT2D eigenvalue weighted by atomic mass is 9.91. The third-order valence-corrected chi connectivity index (χ3v) is 4.28. The highest BCUT2D eigenvalue weighted by molar-refractivity contribution is 7.10. The fourth-order valence-corrected chi connectivity index (χ4v) is 2.75. The van der Waals surface area contributed by atoms with Crippen LogP contribution in [0.1, 0.15) is 39.5 Å². The first kappa shape index (κ1) is 18.5. The van der Waals surface area contributed by atoms with Gasteiger partial charge in [0.2, 0.25) is 5.91 Å². The minimum Gasteiger partial charge on any atom is -0.356 e. The largest absolute Gasteiger partial charge is 0.356 e. The molecule has 0 aliphatic carbocycles. The first-order valence-electron chi connectivity index (χ1n) is 7.43. The Kier molecular flexibility index (Phi) is 6.41. The van der Waals surface area contributed by atoms with E-state index in [-0.39, 0.29) is 23.4 Å². The van der Waals surface area contributed by atoms with Gasteiger partial charge in [-0.25, -0.2) is 0 Å². The average molecular weight is 324 g/mol. The van der Waals surface area contributed by atoms with E-state index in [2.05, 4.69) is 52.3 Å². The van der Waals surface area contributed by atoms with E-state index in [1.54, 1.807) is 18.4 Å². The Bertz CT molecular complexity index is 501. The molecule has 1 heterocycles. The second kappa shape index (κ2) is 7.63. The second-order valence-corrected chi connectivity index (χ2v) is 7.89. The maximum Gasteiger partial charge on any atom is 0.239 e. The van der Waals surface area contributed by atoms with E-state index in [4.69, 9.17) is 0 Å². The molecule has 0 spiro atoms. The normalized spacial score (nSPS) is 12.9. The highest BCUT2D eigenvalue weighted by atomic mass is 32.1. The molecule has 6 heteroatoms. The van der Waals surface area contributed by atoms with E-state index >= 15 is 0 Å². The van der Waals surface area contributed by atoms with Gasteiger partial charge in [0.15, 0.2) is 5.96 Å². The maximum absolute atomic E-state index is 11.8. The summed E-state index contributed by atoms with van der Waals surface area (Å²) in [7, 11) is 1.70. The second-order valence-electron chi connectivity index (χ2n) is 6.94. The van der Waals surface area contributed by atoms with Crippen LogP contribution in [-0.4, -0.2) is 37.5 Å². The Morgan fingerprint density at radius 2 is 1.91 bits per heavy atom. The molecule has 1 aromatic heterocycles. The molecule has 124 valence electrons. The zero-order valence-electron chi connectivity index (χ0n) is 14.4. The molecule has 0 aliphatic rings. The number of nitrogens with one attached hydrogen (secondary N) is 3. The Morgan fingerprint density at radius 3 is 2.41 bits per heavy atom. The zero-order chi connectivity index (χ0) is 16.8. The van der Waals surface area contributed by atoms with Crippen molar-refractivity contribution in [2.45, 2.75) is 45.6 Å². The molecule has 0 bridgehead atoms. The SMILES string of the molecule is CN=C(NCC(=O)NC(C)(C)C)NCC(C)(C)c1cccs1. The molecule has 0 unspecified atom stereocenters. The van der Waals surface area contributed by atoms with Crippen LogP contribution in [0.3, 0.4) is 0 Å². The van der Waals surface area contributed by atoms with Crippen molar-refractivity contribution in [2.24, 2.45) is 4.99 Å². The van der Waals surface area contributed by atoms with Crippen molar-refractivity contribution < 1.29 is 4.79 Å². The highest BCUT2D eigenvalue weighted by Gasteiger charge is 2.22. The van der Waals surface area contributed by atoms with Crippen LogP contribution in [0.4, 0.5) is 0 Å². The molecule has 0 atom stereocenters. The quantitative estimate of drug-likeness (QED) is 0.574. The van der Waals surface area contributed by atoms with E-state index in [1.807, 2.05) is 20.8 Å². The fraction of sp³-hybridized carbons (Fsp3) is 0.625. The number of thiophene rings is 1. The van der Waals surface area contributed by atoms with Crippen LogP contribution in [0.25, 0.3) is 0 Å². The van der Waals surface area contributed by atoms with E-state index in [9.17, 15) is 4.79 Å². The van der Waals surface area contributed by atoms with Gasteiger partial charge in [0.25, 0.3) is 0 Å². The molecular weight excluding hydrogens is 296 g/mol. The highest BCUT2D eigenvalue weighted by Crippen LogP contribution is 2.26. The molecule has 1 amide bonds. The van der Waals surface area contributed by atoms with Crippen LogP contribution in [0.2, 0.25) is 0 Å². The summed E-state index contributed by atoms with van der Waals surface area (Å²) in [6.45, 7) is 11.2. The minimum atomic E-state index is -0.225. The van der Waals surface area contributed by atoms with Crippen molar-refractivity contribution in [3.8, 4) is 0 Å². The van der Waals surface area contributed by atoms with Gasteiger partial charge in [-0.05, 0) is 32.2 Å². The number of rotatable bonds is 5. The van der Waals surface area contributed by atoms with Crippen LogP contribution in [-0.2, 0) is 10.2 Å². The molecule has 1 rings (SSSR count). The third-order valence-electron chi connectivity index (χ3n) is 3.04. The monoisotopic (exact) mass is 324 g/mol. The average Bonchev–Trinajstić information content (AvgIpc) is 2.91. The minimum absolute atomic E-state index is 0.0133. The Hall–Kier alpha value is -1.56. The van der Waals surface area contributed by atoms with Crippen LogP contribution >= 0.6 is 11.3 Å². The van der Waals surface area contributed by atoms with Crippen LogP contribution < -0.4 is 16.0 Å². The number of carbonyl (C=O) groups excluding carboxylic acids is 1. The molecule has 0 fully saturated rings. The van der Waals surface area contributed by atoms with E-state index in [0.717, 1.165) is 6.54 Å². The zero-order valence-corrected chi connectivity index (χ0v) is 15.2. The first-order valence-corrected chi connectivity index (χ1v) is 8.31. The van der Waals surface area contributed by atoms with Gasteiger partial charge in [0.05, 0.1) is 6.54 Å². The third kappa shape index (κ3) is 6.47. The number of aliphatic imine (C=N–C) groups is 1. The Balaban J connectivity index is 2.45. The molecule has 0 saturated heterocycles. The first-order chi connectivity index (χ1) is 10.1. The predicted octanol–water partition coefficient (Wildman–Crippen LogP) is 2.11. The van der Waals surface area contributed by atoms with Crippen molar-refractivity contribution in [2.75, 3.05) is 20.1 Å². The summed E-state index contributed by atoms with van der Waals surface area (Å²) < 4.78 is 0. The van der Waals surface area contributed by atoms with E-state index in [1.165, 1.54) is 4.88 Å². The van der Waals surface area contributed by atoms with Gasteiger partial charge in [-0.15, -0.1) is 11.3 Å². The van der Waals surface area contributed by atoms with Gasteiger partial charge in [0.1, 0.15) is 0 Å². The molecule has 0 saturated carbocycles. The van der Waals surface area contributed by atoms with E-state index in [0.29, 0.717) is 5.96 Å². The number of carbonyl (C=O) groups is 1. The molecule has 22 heavy (non-hydrogen) atoms. The lowest BCUT2D eigenvalue weighted by Crippen LogP contribution is -2.49. The van der Waals surface area contributed by atoms with Crippen molar-refractivity contribution in [1.29, 1.82) is 0 Å². The van der Waals surface area contributed by atoms with Crippen molar-refractivity contribution in [3.05, 3.63) is 22.4 Å². The molecule has 5 nitrogen and oxygen atoms in total. The standard InChI is InChI=1S/C16H28N4OS/c1-15(2,3)20-13(21)10-18-14(17-6)19-11-16(4,5)12-8-7-9-22-12/h7-9H,10-11H2,1-6H3,(H,20,21)(H2,17,18,19). The molecule has 0 radical (unpaired) electrons. The molecule has 3 N–H and O–H groups in total. The Morgan fingerprint density at radius 1 is 1.23 bits per heavy atom. The lowest BCUT2D eigenvalue weighted by Gasteiger charge is -2.25. The predicted molar refractivity (Wildman–Crippen MR) is 94.6 cm³/mol.